The lowest BCUT2D eigenvalue weighted by molar-refractivity contribution is 0.0959. The highest BCUT2D eigenvalue weighted by atomic mass is 35.5. The third-order valence-corrected chi connectivity index (χ3v) is 4.10. The zero-order valence-electron chi connectivity index (χ0n) is 14.4. The SMILES string of the molecule is C=CCNC(=O)c1cnn(-c2ccccc2)c1NC(=O)c1ccccc1Cl. The average molecular weight is 381 g/mol. The van der Waals surface area contributed by atoms with Gasteiger partial charge in [-0.3, -0.25) is 9.59 Å². The summed E-state index contributed by atoms with van der Waals surface area (Å²) in [4.78, 5) is 25.2. The van der Waals surface area contributed by atoms with Crippen LogP contribution in [0.1, 0.15) is 20.7 Å². The van der Waals surface area contributed by atoms with E-state index >= 15 is 0 Å². The van der Waals surface area contributed by atoms with Crippen LogP contribution in [0, 0.1) is 0 Å². The summed E-state index contributed by atoms with van der Waals surface area (Å²) >= 11 is 6.11. The minimum atomic E-state index is -0.434. The van der Waals surface area contributed by atoms with Crippen molar-refractivity contribution in [3.63, 3.8) is 0 Å². The van der Waals surface area contributed by atoms with E-state index < -0.39 is 5.91 Å². The summed E-state index contributed by atoms with van der Waals surface area (Å²) in [6.07, 6.45) is 2.98. The van der Waals surface area contributed by atoms with Crippen molar-refractivity contribution in [2.75, 3.05) is 11.9 Å². The normalized spacial score (nSPS) is 10.3. The van der Waals surface area contributed by atoms with Crippen molar-refractivity contribution in [2.45, 2.75) is 0 Å². The van der Waals surface area contributed by atoms with Gasteiger partial charge < -0.3 is 10.6 Å². The fourth-order valence-electron chi connectivity index (χ4n) is 2.48. The van der Waals surface area contributed by atoms with Crippen LogP contribution >= 0.6 is 11.6 Å². The van der Waals surface area contributed by atoms with Gasteiger partial charge in [0.25, 0.3) is 11.8 Å². The Bertz CT molecular complexity index is 983. The molecule has 0 radical (unpaired) electrons. The minimum absolute atomic E-state index is 0.237. The summed E-state index contributed by atoms with van der Waals surface area (Å²) in [7, 11) is 0. The second-order valence-electron chi connectivity index (χ2n) is 5.59. The molecule has 1 aromatic heterocycles. The summed E-state index contributed by atoms with van der Waals surface area (Å²) in [5, 5.41) is 10.0. The topological polar surface area (TPSA) is 76.0 Å². The molecule has 3 rings (SSSR count). The van der Waals surface area contributed by atoms with Crippen LogP contribution < -0.4 is 10.6 Å². The number of nitrogens with zero attached hydrogens (tertiary/aromatic N) is 2. The van der Waals surface area contributed by atoms with Gasteiger partial charge in [-0.15, -0.1) is 6.58 Å². The van der Waals surface area contributed by atoms with Crippen LogP contribution in [0.5, 0.6) is 0 Å². The highest BCUT2D eigenvalue weighted by Crippen LogP contribution is 2.23. The van der Waals surface area contributed by atoms with Crippen LogP contribution in [0.15, 0.2) is 73.4 Å². The van der Waals surface area contributed by atoms with Crippen LogP contribution in [-0.2, 0) is 0 Å². The number of halogens is 1. The fraction of sp³-hybridized carbons (Fsp3) is 0.0500. The molecule has 1 heterocycles. The maximum Gasteiger partial charge on any atom is 0.258 e. The number of benzene rings is 2. The summed E-state index contributed by atoms with van der Waals surface area (Å²) in [5.74, 6) is -0.546. The molecule has 3 aromatic rings. The van der Waals surface area contributed by atoms with E-state index in [0.29, 0.717) is 22.8 Å². The summed E-state index contributed by atoms with van der Waals surface area (Å²) in [5.41, 5.74) is 1.24. The summed E-state index contributed by atoms with van der Waals surface area (Å²) in [6, 6.07) is 15.9. The van der Waals surface area contributed by atoms with Gasteiger partial charge in [0.05, 0.1) is 22.5 Å². The molecule has 0 spiro atoms. The molecule has 0 fully saturated rings. The molecular formula is C20H17ClN4O2. The number of para-hydroxylation sites is 1. The zero-order valence-corrected chi connectivity index (χ0v) is 15.1. The molecule has 0 unspecified atom stereocenters. The molecule has 0 saturated heterocycles. The van der Waals surface area contributed by atoms with Gasteiger partial charge in [0.1, 0.15) is 11.4 Å². The lowest BCUT2D eigenvalue weighted by Gasteiger charge is -2.12. The molecule has 0 atom stereocenters. The molecule has 7 heteroatoms. The lowest BCUT2D eigenvalue weighted by Crippen LogP contribution is -2.25. The van der Waals surface area contributed by atoms with E-state index in [2.05, 4.69) is 22.3 Å². The second kappa shape index (κ2) is 8.33. The Morgan fingerprint density at radius 1 is 1.04 bits per heavy atom. The molecule has 2 N–H and O–H groups in total. The molecule has 0 aliphatic carbocycles. The van der Waals surface area contributed by atoms with Gasteiger partial charge in [-0.25, -0.2) is 4.68 Å². The lowest BCUT2D eigenvalue weighted by atomic mass is 10.2. The number of amides is 2. The zero-order chi connectivity index (χ0) is 19.2. The third kappa shape index (κ3) is 4.07. The third-order valence-electron chi connectivity index (χ3n) is 3.77. The number of aromatic nitrogens is 2. The van der Waals surface area contributed by atoms with E-state index in [1.165, 1.54) is 10.9 Å². The van der Waals surface area contributed by atoms with Crippen molar-refractivity contribution in [2.24, 2.45) is 0 Å². The van der Waals surface area contributed by atoms with Crippen LogP contribution in [0.2, 0.25) is 5.02 Å². The Kier molecular flexibility index (Phi) is 5.68. The number of carbonyl (C=O) groups is 2. The van der Waals surface area contributed by atoms with Gasteiger partial charge in [-0.1, -0.05) is 48.0 Å². The maximum absolute atomic E-state index is 12.7. The standard InChI is InChI=1S/C20H17ClN4O2/c1-2-12-22-19(26)16-13-23-25(14-8-4-3-5-9-14)18(16)24-20(27)15-10-6-7-11-17(15)21/h2-11,13H,1,12H2,(H,22,26)(H,24,27). The predicted molar refractivity (Wildman–Crippen MR) is 105 cm³/mol. The van der Waals surface area contributed by atoms with E-state index in [4.69, 9.17) is 11.6 Å². The number of nitrogens with one attached hydrogen (secondary N) is 2. The van der Waals surface area contributed by atoms with Crippen molar-refractivity contribution in [3.8, 4) is 5.69 Å². The van der Waals surface area contributed by atoms with Crippen LogP contribution in [0.25, 0.3) is 5.69 Å². The largest absolute Gasteiger partial charge is 0.348 e. The number of hydrogen-bond donors (Lipinski definition) is 2. The Morgan fingerprint density at radius 2 is 1.74 bits per heavy atom. The number of anilines is 1. The van der Waals surface area contributed by atoms with E-state index in [1.807, 2.05) is 30.3 Å². The maximum atomic E-state index is 12.7. The Morgan fingerprint density at radius 3 is 2.44 bits per heavy atom. The second-order valence-corrected chi connectivity index (χ2v) is 5.99. The van der Waals surface area contributed by atoms with Crippen LogP contribution in [0.3, 0.4) is 0 Å². The molecule has 0 saturated carbocycles. The van der Waals surface area contributed by atoms with Gasteiger partial charge in [-0.05, 0) is 24.3 Å². The predicted octanol–water partition coefficient (Wildman–Crippen LogP) is 3.69. The first-order valence-corrected chi connectivity index (χ1v) is 8.58. The van der Waals surface area contributed by atoms with E-state index in [-0.39, 0.29) is 17.3 Å². The van der Waals surface area contributed by atoms with Crippen molar-refractivity contribution in [1.29, 1.82) is 0 Å². The van der Waals surface area contributed by atoms with Crippen molar-refractivity contribution >= 4 is 29.2 Å². The van der Waals surface area contributed by atoms with Gasteiger partial charge in [0.15, 0.2) is 0 Å². The first kappa shape index (κ1) is 18.4. The molecule has 6 nitrogen and oxygen atoms in total. The quantitative estimate of drug-likeness (QED) is 0.640. The van der Waals surface area contributed by atoms with Crippen molar-refractivity contribution < 1.29 is 9.59 Å². The van der Waals surface area contributed by atoms with Gasteiger partial charge in [0.2, 0.25) is 0 Å². The van der Waals surface area contributed by atoms with Gasteiger partial charge in [-0.2, -0.15) is 5.10 Å². The molecular weight excluding hydrogens is 364 g/mol. The smallest absolute Gasteiger partial charge is 0.258 e. The Balaban J connectivity index is 2.01. The summed E-state index contributed by atoms with van der Waals surface area (Å²) in [6.45, 7) is 3.88. The molecule has 136 valence electrons. The monoisotopic (exact) mass is 380 g/mol. The van der Waals surface area contributed by atoms with Crippen molar-refractivity contribution in [3.05, 3.63) is 89.6 Å². The van der Waals surface area contributed by atoms with Crippen LogP contribution in [-0.4, -0.2) is 28.1 Å². The van der Waals surface area contributed by atoms with Gasteiger partial charge >= 0.3 is 0 Å². The molecule has 2 amide bonds. The molecule has 0 aliphatic heterocycles. The van der Waals surface area contributed by atoms with E-state index in [9.17, 15) is 9.59 Å². The number of rotatable bonds is 6. The van der Waals surface area contributed by atoms with Crippen molar-refractivity contribution in [1.82, 2.24) is 15.1 Å². The molecule has 0 aliphatic rings. The average Bonchev–Trinajstić information content (AvgIpc) is 3.10. The molecule has 2 aromatic carbocycles. The molecule has 27 heavy (non-hydrogen) atoms. The Labute approximate surface area is 161 Å². The highest BCUT2D eigenvalue weighted by molar-refractivity contribution is 6.34. The minimum Gasteiger partial charge on any atom is -0.348 e. The van der Waals surface area contributed by atoms with E-state index in [0.717, 1.165) is 0 Å². The van der Waals surface area contributed by atoms with Crippen LogP contribution in [0.4, 0.5) is 5.82 Å². The van der Waals surface area contributed by atoms with Gasteiger partial charge in [0, 0.05) is 6.54 Å². The highest BCUT2D eigenvalue weighted by Gasteiger charge is 2.21. The first-order chi connectivity index (χ1) is 13.1. The molecule has 0 bridgehead atoms. The summed E-state index contributed by atoms with van der Waals surface area (Å²) < 4.78 is 1.50. The number of carbonyl (C=O) groups excluding carboxylic acids is 2. The fourth-order valence-corrected chi connectivity index (χ4v) is 2.70. The first-order valence-electron chi connectivity index (χ1n) is 8.20. The number of hydrogen-bond acceptors (Lipinski definition) is 3. The Hall–Kier alpha value is -3.38. The van der Waals surface area contributed by atoms with E-state index in [1.54, 1.807) is 30.3 Å².